The van der Waals surface area contributed by atoms with E-state index in [0.29, 0.717) is 31.0 Å². The number of likely N-dealkylation sites (tertiary alicyclic amines) is 1. The molecule has 0 bridgehead atoms. The topological polar surface area (TPSA) is 136 Å². The summed E-state index contributed by atoms with van der Waals surface area (Å²) in [6, 6.07) is 7.61. The third-order valence-corrected chi connectivity index (χ3v) is 7.77. The highest BCUT2D eigenvalue weighted by atomic mass is 35.5. The van der Waals surface area contributed by atoms with Crippen LogP contribution < -0.4 is 26.0 Å². The number of rotatable bonds is 8. The van der Waals surface area contributed by atoms with Gasteiger partial charge < -0.3 is 20.7 Å². The van der Waals surface area contributed by atoms with E-state index in [4.69, 9.17) is 22.7 Å². The van der Waals surface area contributed by atoms with E-state index in [2.05, 4.69) is 47.0 Å². The van der Waals surface area contributed by atoms with Crippen LogP contribution in [-0.2, 0) is 6.54 Å². The van der Waals surface area contributed by atoms with Crippen LogP contribution in [0.1, 0.15) is 49.2 Å². The molecule has 11 nitrogen and oxygen atoms in total. The number of aromatic nitrogens is 2. The average Bonchev–Trinajstić information content (AvgIpc) is 2.94. The number of anilines is 2. The summed E-state index contributed by atoms with van der Waals surface area (Å²) in [6.07, 6.45) is -0.161. The van der Waals surface area contributed by atoms with Gasteiger partial charge in [0, 0.05) is 52.2 Å². The Morgan fingerprint density at radius 1 is 1.20 bits per heavy atom. The van der Waals surface area contributed by atoms with Gasteiger partial charge in [0.2, 0.25) is 0 Å². The molecule has 0 radical (unpaired) electrons. The van der Waals surface area contributed by atoms with Crippen LogP contribution in [0.4, 0.5) is 20.4 Å². The van der Waals surface area contributed by atoms with Gasteiger partial charge in [-0.05, 0) is 50.0 Å². The molecule has 0 unspecified atom stereocenters. The zero-order chi connectivity index (χ0) is 29.7. The average molecular weight is 594 g/mol. The van der Waals surface area contributed by atoms with Crippen LogP contribution in [0, 0.1) is 5.41 Å². The smallest absolute Gasteiger partial charge is 0.394 e. The summed E-state index contributed by atoms with van der Waals surface area (Å²) >= 11 is 6.47. The first-order valence-corrected chi connectivity index (χ1v) is 14.1. The van der Waals surface area contributed by atoms with Crippen molar-refractivity contribution in [1.29, 1.82) is 5.41 Å². The number of halogens is 3. The normalized spacial score (nSPS) is 19.2. The lowest BCUT2D eigenvalue weighted by atomic mass is 9.98. The van der Waals surface area contributed by atoms with Crippen LogP contribution in [0.3, 0.4) is 0 Å². The maximum Gasteiger partial charge on any atom is 0.394 e. The van der Waals surface area contributed by atoms with Crippen LogP contribution in [0.5, 0.6) is 5.75 Å². The second-order valence-corrected chi connectivity index (χ2v) is 10.8. The Balaban J connectivity index is 1.32. The first-order valence-electron chi connectivity index (χ1n) is 13.8. The molecule has 2 saturated heterocycles. The quantitative estimate of drug-likeness (QED) is 0.269. The minimum atomic E-state index is -3.19. The second kappa shape index (κ2) is 13.1. The number of hydrogen-bond acceptors (Lipinski definition) is 9. The van der Waals surface area contributed by atoms with Crippen LogP contribution in [0.2, 0.25) is 5.15 Å². The van der Waals surface area contributed by atoms with Gasteiger partial charge in [-0.3, -0.25) is 25.3 Å². The Morgan fingerprint density at radius 3 is 2.49 bits per heavy atom. The monoisotopic (exact) mass is 593 g/mol. The van der Waals surface area contributed by atoms with Gasteiger partial charge >= 0.3 is 6.11 Å². The highest BCUT2D eigenvalue weighted by Crippen LogP contribution is 2.30. The van der Waals surface area contributed by atoms with Gasteiger partial charge in [0.05, 0.1) is 0 Å². The Bertz CT molecular complexity index is 1220. The maximum absolute atomic E-state index is 13.1. The molecule has 2 aliphatic heterocycles. The molecule has 0 saturated carbocycles. The van der Waals surface area contributed by atoms with Crippen molar-refractivity contribution in [3.8, 4) is 5.75 Å². The number of alkyl halides is 2. The van der Waals surface area contributed by atoms with Crippen molar-refractivity contribution in [3.05, 3.63) is 40.7 Å². The van der Waals surface area contributed by atoms with Crippen molar-refractivity contribution in [2.24, 2.45) is 0 Å². The number of guanidine groups is 1. The SMILES string of the molecule is CC[C@H]1CN(c2nc(N)c(C(=O)NC(=N)NC)nc2Cl)CCN1C1CCN(Cc2ccc(OC(C)(F)F)cc2)CC1. The fraction of sp³-hybridized carbons (Fsp3) is 0.556. The zero-order valence-corrected chi connectivity index (χ0v) is 24.3. The van der Waals surface area contributed by atoms with Gasteiger partial charge in [-0.1, -0.05) is 30.7 Å². The predicted molar refractivity (Wildman–Crippen MR) is 155 cm³/mol. The molecule has 2 fully saturated rings. The molecular formula is C27H38ClF2N9O2. The Morgan fingerprint density at radius 2 is 1.88 bits per heavy atom. The zero-order valence-electron chi connectivity index (χ0n) is 23.6. The molecule has 224 valence electrons. The first-order chi connectivity index (χ1) is 19.5. The number of benzene rings is 1. The van der Waals surface area contributed by atoms with Crippen molar-refractivity contribution in [2.45, 2.75) is 57.8 Å². The number of amides is 1. The standard InChI is InChI=1S/C27H38ClF2N9O2/c1-4-18-16-38(24-22(28)34-21(23(31)35-24)25(40)36-26(32)33-3)13-14-39(18)19-9-11-37(12-10-19)15-17-5-7-20(8-6-17)41-27(2,29)30/h5-8,18-19H,4,9-16H2,1-3H3,(H2,31,35)(H3,32,33,36,40)/t18-/m0/s1. The number of nitrogen functional groups attached to an aromatic ring is 1. The van der Waals surface area contributed by atoms with Crippen LogP contribution in [0.15, 0.2) is 24.3 Å². The maximum atomic E-state index is 13.1. The summed E-state index contributed by atoms with van der Waals surface area (Å²) in [5.74, 6) is -0.268. The fourth-order valence-electron chi connectivity index (χ4n) is 5.47. The van der Waals surface area contributed by atoms with Crippen LogP contribution in [0.25, 0.3) is 0 Å². The number of nitrogens with two attached hydrogens (primary N) is 1. The molecule has 1 amide bonds. The van der Waals surface area contributed by atoms with Crippen molar-refractivity contribution in [3.63, 3.8) is 0 Å². The molecule has 3 heterocycles. The summed E-state index contributed by atoms with van der Waals surface area (Å²) in [5, 5.41) is 12.5. The fourth-order valence-corrected chi connectivity index (χ4v) is 5.71. The van der Waals surface area contributed by atoms with Gasteiger partial charge in [0.25, 0.3) is 5.91 Å². The largest absolute Gasteiger partial charge is 0.433 e. The molecule has 0 spiro atoms. The van der Waals surface area contributed by atoms with E-state index in [-0.39, 0.29) is 28.4 Å². The van der Waals surface area contributed by atoms with Gasteiger partial charge in [0.15, 0.2) is 28.4 Å². The van der Waals surface area contributed by atoms with Gasteiger partial charge in [-0.25, -0.2) is 9.97 Å². The third-order valence-electron chi connectivity index (χ3n) is 7.52. The first kappa shape index (κ1) is 30.7. The molecule has 5 N–H and O–H groups in total. The Kier molecular flexibility index (Phi) is 9.82. The lowest BCUT2D eigenvalue weighted by Gasteiger charge is -2.47. The Hall–Kier alpha value is -3.29. The molecule has 4 rings (SSSR count). The minimum absolute atomic E-state index is 0.0425. The number of nitrogens with zero attached hydrogens (tertiary/aromatic N) is 5. The van der Waals surface area contributed by atoms with E-state index < -0.39 is 12.0 Å². The third kappa shape index (κ3) is 7.92. The molecule has 41 heavy (non-hydrogen) atoms. The van der Waals surface area contributed by atoms with Crippen LogP contribution >= 0.6 is 11.6 Å². The van der Waals surface area contributed by atoms with Gasteiger partial charge in [-0.2, -0.15) is 8.78 Å². The number of carbonyl (C=O) groups is 1. The minimum Gasteiger partial charge on any atom is -0.433 e. The molecule has 1 aromatic carbocycles. The molecule has 2 aliphatic rings. The number of piperidine rings is 1. The molecule has 1 aromatic heterocycles. The van der Waals surface area contributed by atoms with E-state index >= 15 is 0 Å². The summed E-state index contributed by atoms with van der Waals surface area (Å²) in [7, 11) is 1.51. The van der Waals surface area contributed by atoms with Gasteiger partial charge in [-0.15, -0.1) is 0 Å². The summed E-state index contributed by atoms with van der Waals surface area (Å²) in [6.45, 7) is 7.83. The summed E-state index contributed by atoms with van der Waals surface area (Å²) in [5.41, 5.74) is 7.01. The van der Waals surface area contributed by atoms with E-state index in [1.165, 1.54) is 7.05 Å². The number of nitrogens with one attached hydrogen (secondary N) is 3. The second-order valence-electron chi connectivity index (χ2n) is 10.5. The lowest BCUT2D eigenvalue weighted by Crippen LogP contribution is -2.58. The van der Waals surface area contributed by atoms with Crippen LogP contribution in [-0.4, -0.2) is 89.6 Å². The molecule has 2 aromatic rings. The molecule has 14 heteroatoms. The summed E-state index contributed by atoms with van der Waals surface area (Å²) in [4.78, 5) is 28.1. The van der Waals surface area contributed by atoms with E-state index in [0.717, 1.165) is 57.9 Å². The van der Waals surface area contributed by atoms with Crippen molar-refractivity contribution in [2.75, 3.05) is 50.4 Å². The van der Waals surface area contributed by atoms with Gasteiger partial charge in [0.1, 0.15) is 5.75 Å². The van der Waals surface area contributed by atoms with Crippen molar-refractivity contribution in [1.82, 2.24) is 30.4 Å². The predicted octanol–water partition coefficient (Wildman–Crippen LogP) is 3.15. The number of hydrogen-bond donors (Lipinski definition) is 4. The number of carbonyl (C=O) groups excluding carboxylic acids is 1. The van der Waals surface area contributed by atoms with E-state index in [9.17, 15) is 13.6 Å². The number of ether oxygens (including phenoxy) is 1. The highest BCUT2D eigenvalue weighted by molar-refractivity contribution is 6.32. The van der Waals surface area contributed by atoms with E-state index in [1.54, 1.807) is 12.1 Å². The Labute approximate surface area is 243 Å². The lowest BCUT2D eigenvalue weighted by molar-refractivity contribution is -0.158. The number of piperazine rings is 1. The molecule has 1 atom stereocenters. The van der Waals surface area contributed by atoms with Crippen molar-refractivity contribution < 1.29 is 18.3 Å². The van der Waals surface area contributed by atoms with E-state index in [1.807, 2.05) is 12.1 Å². The molecule has 0 aliphatic carbocycles. The highest BCUT2D eigenvalue weighted by Gasteiger charge is 2.34. The summed E-state index contributed by atoms with van der Waals surface area (Å²) < 4.78 is 30.8. The van der Waals surface area contributed by atoms with Crippen molar-refractivity contribution >= 4 is 35.1 Å². The molecular weight excluding hydrogens is 556 g/mol.